The summed E-state index contributed by atoms with van der Waals surface area (Å²) < 4.78 is 43.3. The third-order valence-electron chi connectivity index (χ3n) is 4.22. The summed E-state index contributed by atoms with van der Waals surface area (Å²) in [4.78, 5) is 16.1. The van der Waals surface area contributed by atoms with Gasteiger partial charge in [0.05, 0.1) is 30.4 Å². The number of hydrogen-bond donors (Lipinski definition) is 1. The van der Waals surface area contributed by atoms with Crippen molar-refractivity contribution in [2.45, 2.75) is 11.3 Å². The topological polar surface area (TPSA) is 108 Å². The molecule has 30 heavy (non-hydrogen) atoms. The van der Waals surface area contributed by atoms with Crippen molar-refractivity contribution >= 4 is 31.9 Å². The molecular formula is C20H19BrN2O6S. The largest absolute Gasteiger partial charge is 0.497 e. The van der Waals surface area contributed by atoms with Crippen molar-refractivity contribution in [1.82, 2.24) is 9.71 Å². The number of benzene rings is 2. The van der Waals surface area contributed by atoms with E-state index in [4.69, 9.17) is 9.15 Å². The fourth-order valence-corrected chi connectivity index (χ4v) is 4.09. The molecule has 0 aliphatic rings. The minimum atomic E-state index is -3.82. The van der Waals surface area contributed by atoms with Gasteiger partial charge in [0.1, 0.15) is 12.0 Å². The number of carbonyl (C=O) groups excluding carboxylic acids is 1. The van der Waals surface area contributed by atoms with Crippen molar-refractivity contribution in [1.29, 1.82) is 0 Å². The van der Waals surface area contributed by atoms with Gasteiger partial charge < -0.3 is 13.9 Å². The van der Waals surface area contributed by atoms with Crippen LogP contribution in [-0.2, 0) is 21.2 Å². The fourth-order valence-electron chi connectivity index (χ4n) is 2.62. The third kappa shape index (κ3) is 5.07. The summed E-state index contributed by atoms with van der Waals surface area (Å²) in [5.74, 6) is 0.530. The molecule has 2 aromatic carbocycles. The zero-order valence-electron chi connectivity index (χ0n) is 16.2. The van der Waals surface area contributed by atoms with Gasteiger partial charge in [-0.1, -0.05) is 0 Å². The van der Waals surface area contributed by atoms with Crippen molar-refractivity contribution in [2.24, 2.45) is 0 Å². The van der Waals surface area contributed by atoms with Crippen LogP contribution in [0.15, 0.2) is 62.5 Å². The van der Waals surface area contributed by atoms with Gasteiger partial charge in [0.2, 0.25) is 15.9 Å². The number of carbonyl (C=O) groups is 1. The molecule has 1 N–H and O–H groups in total. The Morgan fingerprint density at radius 1 is 1.17 bits per heavy atom. The molecule has 0 atom stereocenters. The average Bonchev–Trinajstić information content (AvgIpc) is 3.22. The van der Waals surface area contributed by atoms with Crippen molar-refractivity contribution in [3.05, 3.63) is 64.5 Å². The van der Waals surface area contributed by atoms with Gasteiger partial charge in [0.15, 0.2) is 0 Å². The van der Waals surface area contributed by atoms with Crippen LogP contribution in [0.5, 0.6) is 5.75 Å². The van der Waals surface area contributed by atoms with Gasteiger partial charge >= 0.3 is 5.97 Å². The van der Waals surface area contributed by atoms with E-state index in [-0.39, 0.29) is 17.0 Å². The molecule has 0 spiro atoms. The molecule has 0 amide bonds. The molecule has 3 aromatic rings. The molecule has 158 valence electrons. The molecule has 0 aliphatic carbocycles. The first-order chi connectivity index (χ1) is 14.3. The molecule has 0 bridgehead atoms. The van der Waals surface area contributed by atoms with Gasteiger partial charge in [0, 0.05) is 23.0 Å². The minimum absolute atomic E-state index is 0.0369. The van der Waals surface area contributed by atoms with Crippen LogP contribution < -0.4 is 9.46 Å². The highest BCUT2D eigenvalue weighted by atomic mass is 79.9. The molecule has 0 aliphatic heterocycles. The van der Waals surface area contributed by atoms with Gasteiger partial charge in [-0.3, -0.25) is 0 Å². The van der Waals surface area contributed by atoms with E-state index in [1.807, 2.05) is 12.1 Å². The highest BCUT2D eigenvalue weighted by Crippen LogP contribution is 2.23. The SMILES string of the molecule is COC(=O)c1cc(S(=O)(=O)NCCc2coc(-c3ccc(OC)cc3)n2)ccc1Br. The van der Waals surface area contributed by atoms with Gasteiger partial charge in [0.25, 0.3) is 0 Å². The number of oxazole rings is 1. The Kier molecular flexibility index (Phi) is 6.91. The second kappa shape index (κ2) is 9.41. The fraction of sp³-hybridized carbons (Fsp3) is 0.200. The maximum Gasteiger partial charge on any atom is 0.339 e. The maximum absolute atomic E-state index is 12.5. The maximum atomic E-state index is 12.5. The Balaban J connectivity index is 1.65. The molecule has 0 radical (unpaired) electrons. The predicted octanol–water partition coefficient (Wildman–Crippen LogP) is 3.42. The quantitative estimate of drug-likeness (QED) is 0.477. The number of halogens is 1. The Morgan fingerprint density at radius 3 is 2.57 bits per heavy atom. The standard InChI is InChI=1S/C20H19BrN2O6S/c1-27-15-5-3-13(4-6-15)19-23-14(12-29-19)9-10-22-30(25,26)16-7-8-18(21)17(11-16)20(24)28-2/h3-8,11-12,22H,9-10H2,1-2H3. The summed E-state index contributed by atoms with van der Waals surface area (Å²) in [6.07, 6.45) is 1.82. The van der Waals surface area contributed by atoms with Gasteiger partial charge in [-0.25, -0.2) is 22.9 Å². The Hall–Kier alpha value is -2.69. The number of sulfonamides is 1. The van der Waals surface area contributed by atoms with Crippen LogP contribution in [0, 0.1) is 0 Å². The molecule has 3 rings (SSSR count). The molecular weight excluding hydrogens is 476 g/mol. The van der Waals surface area contributed by atoms with Crippen LogP contribution in [0.1, 0.15) is 16.1 Å². The molecule has 10 heteroatoms. The van der Waals surface area contributed by atoms with E-state index in [2.05, 4.69) is 30.4 Å². The van der Waals surface area contributed by atoms with Gasteiger partial charge in [-0.2, -0.15) is 0 Å². The monoisotopic (exact) mass is 494 g/mol. The van der Waals surface area contributed by atoms with E-state index < -0.39 is 16.0 Å². The van der Waals surface area contributed by atoms with E-state index in [9.17, 15) is 13.2 Å². The second-order valence-electron chi connectivity index (χ2n) is 6.15. The van der Waals surface area contributed by atoms with E-state index in [1.165, 1.54) is 31.6 Å². The lowest BCUT2D eigenvalue weighted by Gasteiger charge is -2.08. The first kappa shape index (κ1) is 22.0. The summed E-state index contributed by atoms with van der Waals surface area (Å²) in [5, 5.41) is 0. The normalized spacial score (nSPS) is 11.3. The summed E-state index contributed by atoms with van der Waals surface area (Å²) in [6, 6.07) is 11.4. The molecule has 1 heterocycles. The van der Waals surface area contributed by atoms with Crippen LogP contribution in [0.4, 0.5) is 0 Å². The lowest BCUT2D eigenvalue weighted by Crippen LogP contribution is -2.26. The average molecular weight is 495 g/mol. The van der Waals surface area contributed by atoms with Crippen molar-refractivity contribution in [3.8, 4) is 17.2 Å². The summed E-state index contributed by atoms with van der Waals surface area (Å²) >= 11 is 3.21. The number of nitrogens with zero attached hydrogens (tertiary/aromatic N) is 1. The Labute approximate surface area is 182 Å². The second-order valence-corrected chi connectivity index (χ2v) is 8.77. The van der Waals surface area contributed by atoms with Crippen molar-refractivity contribution < 1.29 is 27.1 Å². The Bertz CT molecular complexity index is 1140. The lowest BCUT2D eigenvalue weighted by atomic mass is 10.2. The number of esters is 1. The smallest absolute Gasteiger partial charge is 0.339 e. The van der Waals surface area contributed by atoms with Gasteiger partial charge in [-0.15, -0.1) is 0 Å². The molecule has 8 nitrogen and oxygen atoms in total. The van der Waals surface area contributed by atoms with Crippen LogP contribution in [0.3, 0.4) is 0 Å². The molecule has 0 saturated carbocycles. The predicted molar refractivity (Wildman–Crippen MR) is 113 cm³/mol. The van der Waals surface area contributed by atoms with Crippen LogP contribution in [0.2, 0.25) is 0 Å². The number of hydrogen-bond acceptors (Lipinski definition) is 7. The van der Waals surface area contributed by atoms with E-state index >= 15 is 0 Å². The molecule has 0 unspecified atom stereocenters. The number of aromatic nitrogens is 1. The zero-order chi connectivity index (χ0) is 21.7. The number of rotatable bonds is 8. The summed E-state index contributed by atoms with van der Waals surface area (Å²) in [5.41, 5.74) is 1.52. The lowest BCUT2D eigenvalue weighted by molar-refractivity contribution is 0.0599. The first-order valence-electron chi connectivity index (χ1n) is 8.80. The molecule has 0 fully saturated rings. The van der Waals surface area contributed by atoms with Crippen molar-refractivity contribution in [2.75, 3.05) is 20.8 Å². The third-order valence-corrected chi connectivity index (χ3v) is 6.37. The van der Waals surface area contributed by atoms with E-state index in [1.54, 1.807) is 19.2 Å². The van der Waals surface area contributed by atoms with Gasteiger partial charge in [-0.05, 0) is 58.4 Å². The minimum Gasteiger partial charge on any atom is -0.497 e. The molecule has 0 saturated heterocycles. The van der Waals surface area contributed by atoms with E-state index in [0.29, 0.717) is 22.5 Å². The number of ether oxygens (including phenoxy) is 2. The Morgan fingerprint density at radius 2 is 1.90 bits per heavy atom. The zero-order valence-corrected chi connectivity index (χ0v) is 18.6. The van der Waals surface area contributed by atoms with Crippen LogP contribution in [-0.4, -0.2) is 40.1 Å². The number of nitrogens with one attached hydrogen (secondary N) is 1. The highest BCUT2D eigenvalue weighted by molar-refractivity contribution is 9.10. The van der Waals surface area contributed by atoms with Crippen molar-refractivity contribution in [3.63, 3.8) is 0 Å². The number of methoxy groups -OCH3 is 2. The molecule has 1 aromatic heterocycles. The van der Waals surface area contributed by atoms with E-state index in [0.717, 1.165) is 11.3 Å². The van der Waals surface area contributed by atoms with Crippen LogP contribution in [0.25, 0.3) is 11.5 Å². The van der Waals surface area contributed by atoms with Crippen LogP contribution >= 0.6 is 15.9 Å². The summed E-state index contributed by atoms with van der Waals surface area (Å²) in [7, 11) is -1.000. The summed E-state index contributed by atoms with van der Waals surface area (Å²) in [6.45, 7) is 0.112. The highest BCUT2D eigenvalue weighted by Gasteiger charge is 2.19. The first-order valence-corrected chi connectivity index (χ1v) is 11.1.